The molecule has 1 aromatic heterocycles. The zero-order valence-electron chi connectivity index (χ0n) is 7.91. The third-order valence-corrected chi connectivity index (χ3v) is 1.89. The van der Waals surface area contributed by atoms with Crippen molar-refractivity contribution in [3.8, 4) is 6.07 Å². The molecule has 0 atom stereocenters. The van der Waals surface area contributed by atoms with Crippen LogP contribution in [0.15, 0.2) is 42.7 Å². The molecule has 4 nitrogen and oxygen atoms in total. The van der Waals surface area contributed by atoms with Gasteiger partial charge in [-0.2, -0.15) is 5.26 Å². The van der Waals surface area contributed by atoms with Gasteiger partial charge in [-0.3, -0.25) is 0 Å². The molecule has 15 heavy (non-hydrogen) atoms. The highest BCUT2D eigenvalue weighted by Crippen LogP contribution is 2.08. The van der Waals surface area contributed by atoms with Crippen molar-refractivity contribution in [3.05, 3.63) is 48.3 Å². The molecule has 0 saturated carbocycles. The SMILES string of the molecule is N#CC(=Cc1ccccc1)n1ccnn1. The van der Waals surface area contributed by atoms with Crippen LogP contribution in [0, 0.1) is 11.3 Å². The molecule has 0 bridgehead atoms. The lowest BCUT2D eigenvalue weighted by molar-refractivity contribution is 0.828. The minimum atomic E-state index is 0.443. The molecule has 1 heterocycles. The maximum absolute atomic E-state index is 8.95. The topological polar surface area (TPSA) is 54.5 Å². The van der Waals surface area contributed by atoms with Gasteiger partial charge in [0, 0.05) is 0 Å². The van der Waals surface area contributed by atoms with E-state index >= 15 is 0 Å². The molecule has 0 saturated heterocycles. The van der Waals surface area contributed by atoms with Gasteiger partial charge >= 0.3 is 0 Å². The highest BCUT2D eigenvalue weighted by atomic mass is 15.4. The summed E-state index contributed by atoms with van der Waals surface area (Å²) in [5.74, 6) is 0. The van der Waals surface area contributed by atoms with E-state index in [0.29, 0.717) is 5.70 Å². The van der Waals surface area contributed by atoms with Crippen LogP contribution in [-0.4, -0.2) is 15.0 Å². The monoisotopic (exact) mass is 196 g/mol. The number of rotatable bonds is 2. The van der Waals surface area contributed by atoms with Crippen LogP contribution in [0.25, 0.3) is 11.8 Å². The molecule has 4 heteroatoms. The lowest BCUT2D eigenvalue weighted by Crippen LogP contribution is -1.95. The maximum Gasteiger partial charge on any atom is 0.144 e. The van der Waals surface area contributed by atoms with Crippen molar-refractivity contribution in [2.24, 2.45) is 0 Å². The molecule has 0 aliphatic heterocycles. The van der Waals surface area contributed by atoms with Crippen molar-refractivity contribution >= 4 is 11.8 Å². The first-order valence-electron chi connectivity index (χ1n) is 4.43. The van der Waals surface area contributed by atoms with Crippen molar-refractivity contribution in [1.29, 1.82) is 5.26 Å². The Balaban J connectivity index is 2.37. The standard InChI is InChI=1S/C11H8N4/c12-9-11(15-7-6-13-14-15)8-10-4-2-1-3-5-10/h1-8H. The summed E-state index contributed by atoms with van der Waals surface area (Å²) in [5.41, 5.74) is 1.41. The van der Waals surface area contributed by atoms with E-state index in [4.69, 9.17) is 5.26 Å². The van der Waals surface area contributed by atoms with E-state index in [1.54, 1.807) is 12.3 Å². The van der Waals surface area contributed by atoms with E-state index in [9.17, 15) is 0 Å². The Bertz CT molecular complexity index is 491. The number of nitrogens with zero attached hydrogens (tertiary/aromatic N) is 4. The van der Waals surface area contributed by atoms with Crippen LogP contribution in [0.4, 0.5) is 0 Å². The van der Waals surface area contributed by atoms with E-state index < -0.39 is 0 Å². The van der Waals surface area contributed by atoms with Crippen LogP contribution < -0.4 is 0 Å². The molecule has 0 aliphatic carbocycles. The Hall–Kier alpha value is -2.41. The van der Waals surface area contributed by atoms with Crippen LogP contribution in [0.5, 0.6) is 0 Å². The molecule has 0 fully saturated rings. The van der Waals surface area contributed by atoms with E-state index in [1.165, 1.54) is 10.9 Å². The fraction of sp³-hybridized carbons (Fsp3) is 0. The predicted octanol–water partition coefficient (Wildman–Crippen LogP) is 1.80. The fourth-order valence-corrected chi connectivity index (χ4v) is 1.19. The van der Waals surface area contributed by atoms with E-state index in [2.05, 4.69) is 16.4 Å². The van der Waals surface area contributed by atoms with E-state index in [1.807, 2.05) is 30.3 Å². The fourth-order valence-electron chi connectivity index (χ4n) is 1.19. The van der Waals surface area contributed by atoms with Gasteiger partial charge in [-0.1, -0.05) is 35.5 Å². The third kappa shape index (κ3) is 2.09. The largest absolute Gasteiger partial charge is 0.210 e. The van der Waals surface area contributed by atoms with Gasteiger partial charge in [-0.05, 0) is 11.6 Å². The molecule has 0 N–H and O–H groups in total. The van der Waals surface area contributed by atoms with Crippen LogP contribution >= 0.6 is 0 Å². The first kappa shape index (κ1) is 9.16. The van der Waals surface area contributed by atoms with Crippen LogP contribution in [0.3, 0.4) is 0 Å². The summed E-state index contributed by atoms with van der Waals surface area (Å²) in [6.45, 7) is 0. The summed E-state index contributed by atoms with van der Waals surface area (Å²) in [7, 11) is 0. The predicted molar refractivity (Wildman–Crippen MR) is 56.2 cm³/mol. The van der Waals surface area contributed by atoms with Gasteiger partial charge in [-0.25, -0.2) is 4.68 Å². The summed E-state index contributed by atoms with van der Waals surface area (Å²) < 4.78 is 1.44. The van der Waals surface area contributed by atoms with E-state index in [-0.39, 0.29) is 0 Å². The lowest BCUT2D eigenvalue weighted by Gasteiger charge is -1.96. The zero-order valence-corrected chi connectivity index (χ0v) is 7.91. The van der Waals surface area contributed by atoms with Crippen LogP contribution in [-0.2, 0) is 0 Å². The number of hydrogen-bond acceptors (Lipinski definition) is 3. The van der Waals surface area contributed by atoms with Gasteiger partial charge in [0.2, 0.25) is 0 Å². The molecule has 0 radical (unpaired) electrons. The maximum atomic E-state index is 8.95. The third-order valence-electron chi connectivity index (χ3n) is 1.89. The average molecular weight is 196 g/mol. The zero-order chi connectivity index (χ0) is 10.5. The summed E-state index contributed by atoms with van der Waals surface area (Å²) in [5, 5.41) is 16.4. The second-order valence-corrected chi connectivity index (χ2v) is 2.90. The molecule has 0 amide bonds. The second kappa shape index (κ2) is 4.20. The lowest BCUT2D eigenvalue weighted by atomic mass is 10.2. The van der Waals surface area contributed by atoms with Crippen molar-refractivity contribution < 1.29 is 0 Å². The number of aromatic nitrogens is 3. The average Bonchev–Trinajstić information content (AvgIpc) is 2.81. The highest BCUT2D eigenvalue weighted by molar-refractivity contribution is 5.78. The first-order valence-corrected chi connectivity index (χ1v) is 4.43. The van der Waals surface area contributed by atoms with Gasteiger partial charge in [0.1, 0.15) is 11.8 Å². The molecular weight excluding hydrogens is 188 g/mol. The number of allylic oxidation sites excluding steroid dienone is 1. The number of benzene rings is 1. The summed E-state index contributed by atoms with van der Waals surface area (Å²) in [6.07, 6.45) is 4.93. The van der Waals surface area contributed by atoms with Crippen molar-refractivity contribution in [3.63, 3.8) is 0 Å². The Morgan fingerprint density at radius 2 is 2.13 bits per heavy atom. The van der Waals surface area contributed by atoms with Gasteiger partial charge in [-0.15, -0.1) is 5.10 Å². The van der Waals surface area contributed by atoms with Crippen molar-refractivity contribution in [1.82, 2.24) is 15.0 Å². The van der Waals surface area contributed by atoms with Gasteiger partial charge < -0.3 is 0 Å². The second-order valence-electron chi connectivity index (χ2n) is 2.90. The van der Waals surface area contributed by atoms with Gasteiger partial charge in [0.05, 0.1) is 12.4 Å². The van der Waals surface area contributed by atoms with E-state index in [0.717, 1.165) is 5.56 Å². The Kier molecular flexibility index (Phi) is 2.56. The molecule has 0 aliphatic rings. The molecule has 1 aromatic carbocycles. The Morgan fingerprint density at radius 1 is 1.33 bits per heavy atom. The highest BCUT2D eigenvalue weighted by Gasteiger charge is 1.99. The van der Waals surface area contributed by atoms with Crippen LogP contribution in [0.1, 0.15) is 5.56 Å². The van der Waals surface area contributed by atoms with Crippen molar-refractivity contribution in [2.75, 3.05) is 0 Å². The molecule has 72 valence electrons. The molecule has 0 unspecified atom stereocenters. The number of nitriles is 1. The first-order chi connectivity index (χ1) is 7.40. The van der Waals surface area contributed by atoms with Crippen molar-refractivity contribution in [2.45, 2.75) is 0 Å². The summed E-state index contributed by atoms with van der Waals surface area (Å²) >= 11 is 0. The molecular formula is C11H8N4. The molecule has 2 aromatic rings. The van der Waals surface area contributed by atoms with Gasteiger partial charge in [0.15, 0.2) is 0 Å². The minimum Gasteiger partial charge on any atom is -0.210 e. The number of hydrogen-bond donors (Lipinski definition) is 0. The Labute approximate surface area is 87.1 Å². The Morgan fingerprint density at radius 3 is 2.73 bits per heavy atom. The summed E-state index contributed by atoms with van der Waals surface area (Å²) in [4.78, 5) is 0. The normalized spacial score (nSPS) is 11.0. The molecule has 2 rings (SSSR count). The smallest absolute Gasteiger partial charge is 0.144 e. The summed E-state index contributed by atoms with van der Waals surface area (Å²) in [6, 6.07) is 11.7. The minimum absolute atomic E-state index is 0.443. The van der Waals surface area contributed by atoms with Gasteiger partial charge in [0.25, 0.3) is 0 Å². The van der Waals surface area contributed by atoms with Crippen LogP contribution in [0.2, 0.25) is 0 Å². The quantitative estimate of drug-likeness (QED) is 0.688. The molecule has 0 spiro atoms.